The Kier molecular flexibility index (Phi) is 3.84. The van der Waals surface area contributed by atoms with Crippen molar-refractivity contribution >= 4 is 16.7 Å². The molecular weight excluding hydrogens is 298 g/mol. The summed E-state index contributed by atoms with van der Waals surface area (Å²) in [6.45, 7) is 1.92. The third kappa shape index (κ3) is 2.46. The minimum atomic E-state index is -0.615. The van der Waals surface area contributed by atoms with Crippen LogP contribution in [0.4, 0.5) is 0 Å². The number of benzene rings is 1. The average molecular weight is 313 g/mol. The van der Waals surface area contributed by atoms with Crippen molar-refractivity contribution in [2.75, 3.05) is 13.7 Å². The number of methoxy groups -OCH3 is 1. The molecule has 0 unspecified atom stereocenters. The van der Waals surface area contributed by atoms with Gasteiger partial charge < -0.3 is 14.6 Å². The number of hydrogen-bond donors (Lipinski definition) is 1. The van der Waals surface area contributed by atoms with Gasteiger partial charge in [0.2, 0.25) is 11.8 Å². The molecule has 3 aromatic rings. The van der Waals surface area contributed by atoms with E-state index in [4.69, 9.17) is 9.47 Å². The summed E-state index contributed by atoms with van der Waals surface area (Å²) in [4.78, 5) is 16.0. The van der Waals surface area contributed by atoms with Gasteiger partial charge in [0.05, 0.1) is 25.6 Å². The molecule has 0 saturated heterocycles. The van der Waals surface area contributed by atoms with Crippen LogP contribution in [-0.4, -0.2) is 39.6 Å². The normalized spacial score (nSPS) is 10.7. The lowest BCUT2D eigenvalue weighted by atomic mass is 10.1. The van der Waals surface area contributed by atoms with Gasteiger partial charge in [-0.2, -0.15) is 9.78 Å². The van der Waals surface area contributed by atoms with Crippen LogP contribution in [0.25, 0.3) is 16.5 Å². The monoisotopic (exact) mass is 313 g/mol. The highest BCUT2D eigenvalue weighted by Gasteiger charge is 2.20. The van der Waals surface area contributed by atoms with Crippen molar-refractivity contribution in [1.82, 2.24) is 14.8 Å². The van der Waals surface area contributed by atoms with Gasteiger partial charge in [0.1, 0.15) is 5.56 Å². The third-order valence-corrected chi connectivity index (χ3v) is 3.41. The standard InChI is InChI=1S/C16H15N3O4/c1-3-23-16(21)12-9-18-19(15(12)20)13-6-4-5-11-10(13)7-8-17-14(11)22-2/h4-9,20H,3H2,1-2H3. The van der Waals surface area contributed by atoms with Crippen LogP contribution in [-0.2, 0) is 4.74 Å². The van der Waals surface area contributed by atoms with E-state index in [0.717, 1.165) is 10.8 Å². The Hall–Kier alpha value is -3.09. The number of ether oxygens (including phenoxy) is 2. The molecule has 23 heavy (non-hydrogen) atoms. The largest absolute Gasteiger partial charge is 0.493 e. The topological polar surface area (TPSA) is 86.5 Å². The van der Waals surface area contributed by atoms with Gasteiger partial charge in [-0.1, -0.05) is 6.07 Å². The first-order valence-electron chi connectivity index (χ1n) is 7.03. The molecule has 2 heterocycles. The number of nitrogens with zero attached hydrogens (tertiary/aromatic N) is 3. The second-order valence-corrected chi connectivity index (χ2v) is 4.71. The summed E-state index contributed by atoms with van der Waals surface area (Å²) in [5.74, 6) is -0.413. The zero-order valence-corrected chi connectivity index (χ0v) is 12.7. The number of aromatic hydroxyl groups is 1. The van der Waals surface area contributed by atoms with E-state index in [2.05, 4.69) is 10.1 Å². The maximum absolute atomic E-state index is 11.8. The lowest BCUT2D eigenvalue weighted by Gasteiger charge is -2.10. The molecule has 118 valence electrons. The predicted molar refractivity (Wildman–Crippen MR) is 83.0 cm³/mol. The van der Waals surface area contributed by atoms with Crippen molar-refractivity contribution in [3.05, 3.63) is 42.2 Å². The molecule has 7 nitrogen and oxygen atoms in total. The lowest BCUT2D eigenvalue weighted by molar-refractivity contribution is 0.0523. The summed E-state index contributed by atoms with van der Waals surface area (Å²) in [7, 11) is 1.54. The highest BCUT2D eigenvalue weighted by atomic mass is 16.5. The number of pyridine rings is 1. The number of hydrogen-bond acceptors (Lipinski definition) is 6. The fourth-order valence-electron chi connectivity index (χ4n) is 2.38. The maximum atomic E-state index is 11.8. The quantitative estimate of drug-likeness (QED) is 0.744. The van der Waals surface area contributed by atoms with E-state index in [-0.39, 0.29) is 18.1 Å². The lowest BCUT2D eigenvalue weighted by Crippen LogP contribution is -2.04. The molecule has 0 fully saturated rings. The Bertz CT molecular complexity index is 873. The highest BCUT2D eigenvalue weighted by Crippen LogP contribution is 2.30. The molecule has 7 heteroatoms. The van der Waals surface area contributed by atoms with E-state index in [1.54, 1.807) is 38.4 Å². The molecular formula is C16H15N3O4. The van der Waals surface area contributed by atoms with Gasteiger partial charge in [-0.25, -0.2) is 9.78 Å². The zero-order chi connectivity index (χ0) is 16.4. The van der Waals surface area contributed by atoms with Gasteiger partial charge in [-0.05, 0) is 25.1 Å². The SMILES string of the molecule is CCOC(=O)c1cnn(-c2cccc3c(OC)nccc23)c1O. The molecule has 0 aliphatic heterocycles. The van der Waals surface area contributed by atoms with Crippen molar-refractivity contribution in [2.45, 2.75) is 6.92 Å². The van der Waals surface area contributed by atoms with Gasteiger partial charge in [0.25, 0.3) is 0 Å². The number of carbonyl (C=O) groups is 1. The summed E-state index contributed by atoms with van der Waals surface area (Å²) >= 11 is 0. The van der Waals surface area contributed by atoms with E-state index in [9.17, 15) is 9.90 Å². The minimum absolute atomic E-state index is 0.0184. The molecule has 0 bridgehead atoms. The molecule has 0 spiro atoms. The molecule has 0 radical (unpaired) electrons. The van der Waals surface area contributed by atoms with Crippen LogP contribution < -0.4 is 4.74 Å². The van der Waals surface area contributed by atoms with E-state index in [0.29, 0.717) is 11.6 Å². The van der Waals surface area contributed by atoms with Gasteiger partial charge in [-0.3, -0.25) is 0 Å². The smallest absolute Gasteiger partial charge is 0.345 e. The summed E-state index contributed by atoms with van der Waals surface area (Å²) in [6.07, 6.45) is 2.89. The van der Waals surface area contributed by atoms with E-state index >= 15 is 0 Å². The van der Waals surface area contributed by atoms with Gasteiger partial charge >= 0.3 is 5.97 Å². The van der Waals surface area contributed by atoms with Gasteiger partial charge in [-0.15, -0.1) is 0 Å². The molecule has 3 rings (SSSR count). The van der Waals surface area contributed by atoms with Crippen LogP contribution in [0.5, 0.6) is 11.8 Å². The zero-order valence-electron chi connectivity index (χ0n) is 12.7. The second kappa shape index (κ2) is 5.96. The first kappa shape index (κ1) is 14.8. The van der Waals surface area contributed by atoms with Gasteiger partial charge in [0, 0.05) is 17.0 Å². The molecule has 0 aliphatic carbocycles. The van der Waals surface area contributed by atoms with E-state index in [1.807, 2.05) is 6.07 Å². The van der Waals surface area contributed by atoms with Crippen LogP contribution in [0, 0.1) is 0 Å². The van der Waals surface area contributed by atoms with Crippen LogP contribution in [0.15, 0.2) is 36.7 Å². The Morgan fingerprint density at radius 1 is 1.30 bits per heavy atom. The van der Waals surface area contributed by atoms with Crippen LogP contribution in [0.3, 0.4) is 0 Å². The fourth-order valence-corrected chi connectivity index (χ4v) is 2.38. The van der Waals surface area contributed by atoms with Crippen molar-refractivity contribution in [3.63, 3.8) is 0 Å². The summed E-state index contributed by atoms with van der Waals surface area (Å²) in [5, 5.41) is 16.0. The van der Waals surface area contributed by atoms with Crippen molar-refractivity contribution < 1.29 is 19.4 Å². The molecule has 0 amide bonds. The fraction of sp³-hybridized carbons (Fsp3) is 0.188. The molecule has 0 saturated carbocycles. The highest BCUT2D eigenvalue weighted by molar-refractivity contribution is 5.95. The predicted octanol–water partition coefficient (Wildman–Crippen LogP) is 2.31. The first-order chi connectivity index (χ1) is 11.2. The van der Waals surface area contributed by atoms with Crippen LogP contribution >= 0.6 is 0 Å². The molecule has 0 atom stereocenters. The molecule has 1 aromatic carbocycles. The number of rotatable bonds is 4. The Morgan fingerprint density at radius 2 is 2.13 bits per heavy atom. The first-order valence-corrected chi connectivity index (χ1v) is 7.03. The second-order valence-electron chi connectivity index (χ2n) is 4.71. The van der Waals surface area contributed by atoms with E-state index < -0.39 is 5.97 Å². The number of aromatic nitrogens is 3. The Morgan fingerprint density at radius 3 is 2.87 bits per heavy atom. The maximum Gasteiger partial charge on any atom is 0.345 e. The minimum Gasteiger partial charge on any atom is -0.493 e. The van der Waals surface area contributed by atoms with Gasteiger partial charge in [0.15, 0.2) is 0 Å². The van der Waals surface area contributed by atoms with Crippen molar-refractivity contribution in [3.8, 4) is 17.4 Å². The number of carbonyl (C=O) groups excluding carboxylic acids is 1. The average Bonchev–Trinajstić information content (AvgIpc) is 2.95. The summed E-state index contributed by atoms with van der Waals surface area (Å²) in [5.41, 5.74) is 0.626. The number of fused-ring (bicyclic) bond motifs is 1. The van der Waals surface area contributed by atoms with Crippen molar-refractivity contribution in [2.24, 2.45) is 0 Å². The number of esters is 1. The Labute approximate surface area is 132 Å². The molecule has 0 aliphatic rings. The van der Waals surface area contributed by atoms with Crippen LogP contribution in [0.2, 0.25) is 0 Å². The molecule has 1 N–H and O–H groups in total. The summed E-state index contributed by atoms with van der Waals surface area (Å²) < 4.78 is 11.4. The van der Waals surface area contributed by atoms with Crippen molar-refractivity contribution in [1.29, 1.82) is 0 Å². The summed E-state index contributed by atoms with van der Waals surface area (Å²) in [6, 6.07) is 7.23. The third-order valence-electron chi connectivity index (χ3n) is 3.41. The molecule has 2 aromatic heterocycles. The Balaban J connectivity index is 2.17. The van der Waals surface area contributed by atoms with Crippen LogP contribution in [0.1, 0.15) is 17.3 Å². The van der Waals surface area contributed by atoms with E-state index in [1.165, 1.54) is 10.9 Å².